The summed E-state index contributed by atoms with van der Waals surface area (Å²) in [7, 11) is 1.83. The van der Waals surface area contributed by atoms with Crippen LogP contribution >= 0.6 is 0 Å². The number of likely N-dealkylation sites (N-methyl/N-ethyl adjacent to an activating group) is 1. The molecule has 0 saturated carbocycles. The van der Waals surface area contributed by atoms with Gasteiger partial charge in [0, 0.05) is 24.0 Å². The lowest BCUT2D eigenvalue weighted by molar-refractivity contribution is -0.117. The van der Waals surface area contributed by atoms with Crippen LogP contribution in [0, 0.1) is 32.1 Å². The number of amides is 1. The molecule has 1 amide bonds. The van der Waals surface area contributed by atoms with Crippen molar-refractivity contribution in [2.45, 2.75) is 27.3 Å². The van der Waals surface area contributed by atoms with Crippen molar-refractivity contribution in [2.24, 2.45) is 0 Å². The fraction of sp³-hybridized carbons (Fsp3) is 0.286. The number of nitrogens with zero attached hydrogens (tertiary/aromatic N) is 4. The van der Waals surface area contributed by atoms with Gasteiger partial charge in [0.2, 0.25) is 5.91 Å². The Balaban J connectivity index is 1.82. The Morgan fingerprint density at radius 2 is 2.00 bits per heavy atom. The number of nitrogens with one attached hydrogen (secondary N) is 1. The van der Waals surface area contributed by atoms with E-state index >= 15 is 0 Å². The minimum Gasteiger partial charge on any atom is -0.361 e. The van der Waals surface area contributed by atoms with Gasteiger partial charge in [-0.2, -0.15) is 5.26 Å². The predicted octanol–water partition coefficient (Wildman–Crippen LogP) is 3.33. The van der Waals surface area contributed by atoms with Crippen molar-refractivity contribution < 1.29 is 9.32 Å². The standard InChI is InChI=1S/C21H23N5O2/c1-14-10-17(24-28-14)12-25(4)13-20(27)23-21-19(11-22)15(2)16(3)26(21)18-8-6-5-7-9-18/h5-10H,12-13H2,1-4H3,(H,23,27). The molecule has 0 bridgehead atoms. The minimum atomic E-state index is -0.200. The summed E-state index contributed by atoms with van der Waals surface area (Å²) in [6.07, 6.45) is 0. The highest BCUT2D eigenvalue weighted by molar-refractivity contribution is 5.93. The Kier molecular flexibility index (Phi) is 5.62. The molecule has 0 radical (unpaired) electrons. The zero-order valence-electron chi connectivity index (χ0n) is 16.5. The van der Waals surface area contributed by atoms with Crippen molar-refractivity contribution in [3.05, 3.63) is 64.7 Å². The average molecular weight is 377 g/mol. The van der Waals surface area contributed by atoms with E-state index in [-0.39, 0.29) is 12.5 Å². The summed E-state index contributed by atoms with van der Waals surface area (Å²) in [6.45, 7) is 6.32. The van der Waals surface area contributed by atoms with E-state index in [9.17, 15) is 10.1 Å². The molecule has 2 aromatic heterocycles. The van der Waals surface area contributed by atoms with Crippen LogP contribution in [-0.2, 0) is 11.3 Å². The molecule has 1 N–H and O–H groups in total. The molecule has 0 aliphatic rings. The third-order valence-corrected chi connectivity index (χ3v) is 4.62. The second-order valence-electron chi connectivity index (χ2n) is 6.87. The minimum absolute atomic E-state index is 0.162. The van der Waals surface area contributed by atoms with E-state index in [1.165, 1.54) is 0 Å². The van der Waals surface area contributed by atoms with Crippen molar-refractivity contribution in [1.29, 1.82) is 5.26 Å². The van der Waals surface area contributed by atoms with Crippen LogP contribution in [0.15, 0.2) is 40.9 Å². The number of nitriles is 1. The molecule has 0 spiro atoms. The topological polar surface area (TPSA) is 87.1 Å². The van der Waals surface area contributed by atoms with Gasteiger partial charge in [-0.1, -0.05) is 23.4 Å². The molecular formula is C21H23N5O2. The highest BCUT2D eigenvalue weighted by atomic mass is 16.5. The number of hydrogen-bond acceptors (Lipinski definition) is 5. The molecular weight excluding hydrogens is 354 g/mol. The second-order valence-corrected chi connectivity index (χ2v) is 6.87. The maximum Gasteiger partial charge on any atom is 0.239 e. The molecule has 28 heavy (non-hydrogen) atoms. The number of para-hydroxylation sites is 1. The predicted molar refractivity (Wildman–Crippen MR) is 106 cm³/mol. The van der Waals surface area contributed by atoms with Crippen molar-refractivity contribution in [2.75, 3.05) is 18.9 Å². The first-order valence-electron chi connectivity index (χ1n) is 8.98. The normalized spacial score (nSPS) is 10.9. The van der Waals surface area contributed by atoms with Gasteiger partial charge in [-0.15, -0.1) is 0 Å². The first-order chi connectivity index (χ1) is 13.4. The first kappa shape index (κ1) is 19.4. The van der Waals surface area contributed by atoms with E-state index in [1.54, 1.807) is 0 Å². The molecule has 144 valence electrons. The lowest BCUT2D eigenvalue weighted by atomic mass is 10.2. The van der Waals surface area contributed by atoms with Gasteiger partial charge in [0.1, 0.15) is 17.6 Å². The smallest absolute Gasteiger partial charge is 0.239 e. The van der Waals surface area contributed by atoms with Gasteiger partial charge in [-0.3, -0.25) is 14.3 Å². The Bertz CT molecular complexity index is 1030. The lowest BCUT2D eigenvalue weighted by Crippen LogP contribution is -2.30. The number of benzene rings is 1. The maximum atomic E-state index is 12.7. The van der Waals surface area contributed by atoms with Crippen LogP contribution in [0.3, 0.4) is 0 Å². The third-order valence-electron chi connectivity index (χ3n) is 4.62. The lowest BCUT2D eigenvalue weighted by Gasteiger charge is -2.16. The quantitative estimate of drug-likeness (QED) is 0.712. The Labute approximate surface area is 164 Å². The molecule has 3 rings (SSSR count). The summed E-state index contributed by atoms with van der Waals surface area (Å²) in [5.41, 5.74) is 3.92. The van der Waals surface area contributed by atoms with Gasteiger partial charge in [0.05, 0.1) is 17.8 Å². The molecule has 0 aliphatic carbocycles. The highest BCUT2D eigenvalue weighted by Crippen LogP contribution is 2.29. The van der Waals surface area contributed by atoms with Crippen LogP contribution in [0.2, 0.25) is 0 Å². The summed E-state index contributed by atoms with van der Waals surface area (Å²) < 4.78 is 6.97. The van der Waals surface area contributed by atoms with Crippen LogP contribution in [0.1, 0.15) is 28.3 Å². The summed E-state index contributed by atoms with van der Waals surface area (Å²) in [6, 6.07) is 13.7. The monoisotopic (exact) mass is 377 g/mol. The number of rotatable bonds is 6. The fourth-order valence-electron chi connectivity index (χ4n) is 3.20. The molecule has 0 saturated heterocycles. The summed E-state index contributed by atoms with van der Waals surface area (Å²) in [4.78, 5) is 14.5. The van der Waals surface area contributed by atoms with Crippen LogP contribution in [0.25, 0.3) is 5.69 Å². The largest absolute Gasteiger partial charge is 0.361 e. The first-order valence-corrected chi connectivity index (χ1v) is 8.98. The molecule has 0 fully saturated rings. The summed E-state index contributed by atoms with van der Waals surface area (Å²) in [5, 5.41) is 16.5. The van der Waals surface area contributed by atoms with Gasteiger partial charge < -0.3 is 9.84 Å². The molecule has 7 nitrogen and oxygen atoms in total. The number of aromatic nitrogens is 2. The van der Waals surface area contributed by atoms with Crippen molar-refractivity contribution in [3.8, 4) is 11.8 Å². The van der Waals surface area contributed by atoms with E-state index in [0.717, 1.165) is 28.4 Å². The molecule has 0 unspecified atom stereocenters. The fourth-order valence-corrected chi connectivity index (χ4v) is 3.20. The zero-order valence-corrected chi connectivity index (χ0v) is 16.5. The number of aryl methyl sites for hydroxylation is 1. The molecule has 0 aliphatic heterocycles. The Morgan fingerprint density at radius 1 is 1.29 bits per heavy atom. The summed E-state index contributed by atoms with van der Waals surface area (Å²) in [5.74, 6) is 1.03. The van der Waals surface area contributed by atoms with Gasteiger partial charge in [0.25, 0.3) is 0 Å². The number of hydrogen-bond donors (Lipinski definition) is 1. The van der Waals surface area contributed by atoms with Crippen LogP contribution in [0.4, 0.5) is 5.82 Å². The van der Waals surface area contributed by atoms with E-state index < -0.39 is 0 Å². The average Bonchev–Trinajstić information content (AvgIpc) is 3.16. The highest BCUT2D eigenvalue weighted by Gasteiger charge is 2.21. The summed E-state index contributed by atoms with van der Waals surface area (Å²) >= 11 is 0. The maximum absolute atomic E-state index is 12.7. The number of carbonyl (C=O) groups is 1. The zero-order chi connectivity index (χ0) is 20.3. The van der Waals surface area contributed by atoms with Gasteiger partial charge in [-0.05, 0) is 45.5 Å². The van der Waals surface area contributed by atoms with Crippen LogP contribution in [-0.4, -0.2) is 34.1 Å². The van der Waals surface area contributed by atoms with Gasteiger partial charge in [-0.25, -0.2) is 0 Å². The number of anilines is 1. The molecule has 1 aromatic carbocycles. The van der Waals surface area contributed by atoms with E-state index in [2.05, 4.69) is 16.5 Å². The van der Waals surface area contributed by atoms with Crippen LogP contribution in [0.5, 0.6) is 0 Å². The van der Waals surface area contributed by atoms with Crippen molar-refractivity contribution in [1.82, 2.24) is 14.6 Å². The number of carbonyl (C=O) groups excluding carboxylic acids is 1. The Hall–Kier alpha value is -3.37. The van der Waals surface area contributed by atoms with E-state index in [1.807, 2.05) is 73.7 Å². The third kappa shape index (κ3) is 3.97. The Morgan fingerprint density at radius 3 is 2.61 bits per heavy atom. The van der Waals surface area contributed by atoms with Crippen molar-refractivity contribution >= 4 is 11.7 Å². The van der Waals surface area contributed by atoms with E-state index in [0.29, 0.717) is 17.9 Å². The van der Waals surface area contributed by atoms with Crippen LogP contribution < -0.4 is 5.32 Å². The molecule has 2 heterocycles. The molecule has 0 atom stereocenters. The SMILES string of the molecule is Cc1cc(CN(C)CC(=O)Nc2c(C#N)c(C)c(C)n2-c2ccccc2)no1. The van der Waals surface area contributed by atoms with Crippen molar-refractivity contribution in [3.63, 3.8) is 0 Å². The molecule has 7 heteroatoms. The van der Waals surface area contributed by atoms with Gasteiger partial charge in [0.15, 0.2) is 0 Å². The molecule has 3 aromatic rings. The second kappa shape index (κ2) is 8.11. The van der Waals surface area contributed by atoms with E-state index in [4.69, 9.17) is 4.52 Å². The van der Waals surface area contributed by atoms with Gasteiger partial charge >= 0.3 is 0 Å².